The van der Waals surface area contributed by atoms with Gasteiger partial charge in [-0.05, 0) is 11.6 Å². The molecule has 1 aromatic rings. The maximum atomic E-state index is 12.5. The summed E-state index contributed by atoms with van der Waals surface area (Å²) >= 11 is 0. The lowest BCUT2D eigenvalue weighted by atomic mass is 9.84. The number of allylic oxidation sites excluding steroid dienone is 3. The van der Waals surface area contributed by atoms with Gasteiger partial charge in [0.15, 0.2) is 0 Å². The van der Waals surface area contributed by atoms with Crippen molar-refractivity contribution in [2.75, 3.05) is 14.2 Å². The van der Waals surface area contributed by atoms with Crippen LogP contribution in [0.3, 0.4) is 0 Å². The summed E-state index contributed by atoms with van der Waals surface area (Å²) in [5, 5.41) is 0. The number of carbonyl (C=O) groups excluding carboxylic acids is 2. The first kappa shape index (κ1) is 14.8. The van der Waals surface area contributed by atoms with Gasteiger partial charge in [0.05, 0.1) is 14.2 Å². The molecule has 1 aliphatic carbocycles. The molecule has 21 heavy (non-hydrogen) atoms. The van der Waals surface area contributed by atoms with E-state index >= 15 is 0 Å². The average Bonchev–Trinajstić information content (AvgIpc) is 2.51. The molecule has 4 heteroatoms. The fraction of sp³-hybridized carbons (Fsp3) is 0.176. The van der Waals surface area contributed by atoms with Gasteiger partial charge in [-0.3, -0.25) is 9.59 Å². The summed E-state index contributed by atoms with van der Waals surface area (Å²) in [7, 11) is 2.68. The van der Waals surface area contributed by atoms with Crippen LogP contribution in [0.2, 0.25) is 0 Å². The van der Waals surface area contributed by atoms with Crippen molar-refractivity contribution in [2.24, 2.45) is 0 Å². The van der Waals surface area contributed by atoms with Gasteiger partial charge in [-0.2, -0.15) is 0 Å². The summed E-state index contributed by atoms with van der Waals surface area (Å²) in [5.41, 5.74) is 1.22. The van der Waals surface area contributed by atoms with Crippen LogP contribution in [0.25, 0.3) is 0 Å². The Hall–Kier alpha value is -2.62. The molecular formula is C17H16O4. The Balaban J connectivity index is 2.47. The smallest absolute Gasteiger partial charge is 0.228 e. The van der Waals surface area contributed by atoms with E-state index in [0.717, 1.165) is 5.56 Å². The van der Waals surface area contributed by atoms with E-state index in [9.17, 15) is 9.59 Å². The van der Waals surface area contributed by atoms with Crippen molar-refractivity contribution in [1.82, 2.24) is 0 Å². The van der Waals surface area contributed by atoms with Gasteiger partial charge in [-0.15, -0.1) is 6.58 Å². The van der Waals surface area contributed by atoms with Crippen molar-refractivity contribution in [1.29, 1.82) is 0 Å². The van der Waals surface area contributed by atoms with Crippen LogP contribution >= 0.6 is 0 Å². The largest absolute Gasteiger partial charge is 0.490 e. The van der Waals surface area contributed by atoms with E-state index in [1.807, 2.05) is 30.3 Å². The Kier molecular flexibility index (Phi) is 4.38. The van der Waals surface area contributed by atoms with Crippen molar-refractivity contribution in [3.63, 3.8) is 0 Å². The van der Waals surface area contributed by atoms with Crippen LogP contribution in [0, 0.1) is 0 Å². The van der Waals surface area contributed by atoms with E-state index in [2.05, 4.69) is 6.58 Å². The Morgan fingerprint density at radius 1 is 1.05 bits per heavy atom. The van der Waals surface area contributed by atoms with Crippen LogP contribution in [0.4, 0.5) is 0 Å². The van der Waals surface area contributed by atoms with Gasteiger partial charge in [-0.1, -0.05) is 36.4 Å². The van der Waals surface area contributed by atoms with Crippen LogP contribution in [-0.4, -0.2) is 25.8 Å². The van der Waals surface area contributed by atoms with Gasteiger partial charge < -0.3 is 9.47 Å². The monoisotopic (exact) mass is 284 g/mol. The zero-order valence-electron chi connectivity index (χ0n) is 12.0. The molecular weight excluding hydrogens is 268 g/mol. The molecule has 1 aromatic carbocycles. The molecule has 0 saturated carbocycles. The van der Waals surface area contributed by atoms with Gasteiger partial charge in [0.2, 0.25) is 23.1 Å². The van der Waals surface area contributed by atoms with Gasteiger partial charge in [-0.25, -0.2) is 0 Å². The number of Topliss-reactive ketones (excluding diaryl/α,β-unsaturated/α-hetero) is 1. The van der Waals surface area contributed by atoms with Crippen molar-refractivity contribution in [3.8, 4) is 0 Å². The lowest BCUT2D eigenvalue weighted by Gasteiger charge is -2.21. The van der Waals surface area contributed by atoms with Crippen molar-refractivity contribution >= 4 is 11.6 Å². The van der Waals surface area contributed by atoms with Gasteiger partial charge in [0, 0.05) is 11.5 Å². The number of rotatable bonds is 5. The normalized spacial score (nSPS) is 16.4. The first-order valence-corrected chi connectivity index (χ1v) is 6.44. The second-order valence-electron chi connectivity index (χ2n) is 4.48. The molecule has 0 saturated heterocycles. The predicted molar refractivity (Wildman–Crippen MR) is 78.5 cm³/mol. The Morgan fingerprint density at radius 2 is 1.67 bits per heavy atom. The maximum absolute atomic E-state index is 12.5. The summed E-state index contributed by atoms with van der Waals surface area (Å²) in [6, 6.07) is 9.39. The van der Waals surface area contributed by atoms with E-state index in [4.69, 9.17) is 9.47 Å². The number of ketones is 2. The summed E-state index contributed by atoms with van der Waals surface area (Å²) in [5.74, 6) is -1.24. The van der Waals surface area contributed by atoms with Crippen molar-refractivity contribution in [2.45, 2.75) is 5.92 Å². The minimum Gasteiger partial charge on any atom is -0.490 e. The van der Waals surface area contributed by atoms with E-state index in [1.54, 1.807) is 6.08 Å². The topological polar surface area (TPSA) is 52.6 Å². The van der Waals surface area contributed by atoms with Crippen LogP contribution in [0.15, 0.2) is 66.2 Å². The number of ether oxygens (including phenoxy) is 2. The molecule has 0 radical (unpaired) electrons. The summed E-state index contributed by atoms with van der Waals surface area (Å²) in [6.45, 7) is 3.77. The molecule has 0 spiro atoms. The van der Waals surface area contributed by atoms with E-state index in [1.165, 1.54) is 20.3 Å². The highest BCUT2D eigenvalue weighted by Crippen LogP contribution is 2.32. The van der Waals surface area contributed by atoms with Crippen molar-refractivity contribution < 1.29 is 19.1 Å². The van der Waals surface area contributed by atoms with Crippen LogP contribution in [0.5, 0.6) is 0 Å². The molecule has 1 aliphatic rings. The van der Waals surface area contributed by atoms with Crippen LogP contribution in [0.1, 0.15) is 11.5 Å². The highest BCUT2D eigenvalue weighted by atomic mass is 16.5. The summed E-state index contributed by atoms with van der Waals surface area (Å²) in [4.78, 5) is 24.6. The zero-order valence-corrected chi connectivity index (χ0v) is 12.0. The molecule has 0 aliphatic heterocycles. The minimum absolute atomic E-state index is 0.0669. The summed E-state index contributed by atoms with van der Waals surface area (Å²) < 4.78 is 10.0. The summed E-state index contributed by atoms with van der Waals surface area (Å²) in [6.07, 6.45) is 2.93. The Bertz CT molecular complexity index is 638. The third kappa shape index (κ3) is 2.65. The van der Waals surface area contributed by atoms with Crippen LogP contribution < -0.4 is 0 Å². The van der Waals surface area contributed by atoms with Crippen molar-refractivity contribution in [3.05, 3.63) is 71.7 Å². The van der Waals surface area contributed by atoms with E-state index in [-0.39, 0.29) is 29.0 Å². The second kappa shape index (κ2) is 6.22. The number of methoxy groups -OCH3 is 2. The zero-order chi connectivity index (χ0) is 15.4. The molecule has 0 amide bonds. The highest BCUT2D eigenvalue weighted by Gasteiger charge is 2.34. The molecule has 0 N–H and O–H groups in total. The molecule has 0 bridgehead atoms. The number of benzene rings is 1. The first-order chi connectivity index (χ1) is 10.1. The molecule has 108 valence electrons. The average molecular weight is 284 g/mol. The predicted octanol–water partition coefficient (Wildman–Crippen LogP) is 2.54. The number of hydrogen-bond acceptors (Lipinski definition) is 4. The van der Waals surface area contributed by atoms with Crippen LogP contribution in [-0.2, 0) is 19.1 Å². The molecule has 0 aromatic heterocycles. The lowest BCUT2D eigenvalue weighted by molar-refractivity contribution is -0.120. The Morgan fingerprint density at radius 3 is 2.19 bits per heavy atom. The fourth-order valence-corrected chi connectivity index (χ4v) is 2.33. The molecule has 2 rings (SSSR count). The fourth-order valence-electron chi connectivity index (χ4n) is 2.33. The third-order valence-corrected chi connectivity index (χ3v) is 3.32. The first-order valence-electron chi connectivity index (χ1n) is 6.44. The molecule has 0 heterocycles. The maximum Gasteiger partial charge on any atom is 0.228 e. The third-order valence-electron chi connectivity index (χ3n) is 3.32. The SMILES string of the molecule is C=C[C@@H](C1=CC(=O)C(OC)=C(OC)C1=O)c1ccccc1. The van der Waals surface area contributed by atoms with Gasteiger partial charge >= 0.3 is 0 Å². The van der Waals surface area contributed by atoms with E-state index in [0.29, 0.717) is 5.57 Å². The number of hydrogen-bond donors (Lipinski definition) is 0. The lowest BCUT2D eigenvalue weighted by Crippen LogP contribution is -2.24. The molecule has 0 unspecified atom stereocenters. The minimum atomic E-state index is -0.383. The highest BCUT2D eigenvalue weighted by molar-refractivity contribution is 6.21. The van der Waals surface area contributed by atoms with Gasteiger partial charge in [0.25, 0.3) is 0 Å². The quantitative estimate of drug-likeness (QED) is 0.616. The second-order valence-corrected chi connectivity index (χ2v) is 4.48. The molecule has 1 atom stereocenters. The number of carbonyl (C=O) groups is 2. The molecule has 0 fully saturated rings. The standard InChI is InChI=1S/C17H16O4/c1-4-12(11-8-6-5-7-9-11)13-10-14(18)16(20-2)17(21-3)15(13)19/h4-10,12H,1H2,2-3H3/t12-/m1/s1. The Labute approximate surface area is 123 Å². The van der Waals surface area contributed by atoms with E-state index < -0.39 is 0 Å². The van der Waals surface area contributed by atoms with Gasteiger partial charge in [0.1, 0.15) is 0 Å². The molecule has 4 nitrogen and oxygen atoms in total.